The molecule has 0 aliphatic heterocycles. The maximum absolute atomic E-state index is 13.9. The van der Waals surface area contributed by atoms with Crippen molar-refractivity contribution in [1.82, 2.24) is 4.90 Å². The molecule has 3 aromatic carbocycles. The number of hydrogen-bond donors (Lipinski definition) is 5. The second-order valence-electron chi connectivity index (χ2n) is 11.9. The number of primary amides is 1. The minimum Gasteiger partial charge on any atom is -0.505 e. The van der Waals surface area contributed by atoms with Gasteiger partial charge in [-0.15, -0.1) is 0 Å². The fourth-order valence-electron chi connectivity index (χ4n) is 7.29. The van der Waals surface area contributed by atoms with Gasteiger partial charge in [-0.05, 0) is 55.9 Å². The van der Waals surface area contributed by atoms with E-state index in [1.165, 1.54) is 25.1 Å². The maximum Gasteiger partial charge on any atom is 0.323 e. The van der Waals surface area contributed by atoms with E-state index in [1.807, 2.05) is 30.3 Å². The molecule has 0 spiro atoms. The molecule has 3 aliphatic carbocycles. The summed E-state index contributed by atoms with van der Waals surface area (Å²) < 4.78 is 0. The highest BCUT2D eigenvalue weighted by Gasteiger charge is 2.69. The van der Waals surface area contributed by atoms with Crippen molar-refractivity contribution in [3.05, 3.63) is 65.7 Å². The second kappa shape index (κ2) is 10.4. The third kappa shape index (κ3) is 4.20. The zero-order valence-electron chi connectivity index (χ0n) is 23.9. The fourth-order valence-corrected chi connectivity index (χ4v) is 7.29. The zero-order valence-corrected chi connectivity index (χ0v) is 23.9. The van der Waals surface area contributed by atoms with Crippen LogP contribution in [-0.4, -0.2) is 75.9 Å². The molecular weight excluding hydrogens is 568 g/mol. The number of hydrogen-bond acceptors (Lipinski definition) is 9. The molecule has 2 saturated carbocycles. The van der Waals surface area contributed by atoms with Crippen molar-refractivity contribution >= 4 is 57.2 Å². The molecule has 226 valence electrons. The third-order valence-corrected chi connectivity index (χ3v) is 9.22. The average Bonchev–Trinajstić information content (AvgIpc) is 2.96. The number of amides is 3. The fraction of sp³-hybridized carbons (Fsp3) is 0.312. The molecule has 6 rings (SSSR count). The molecular formula is C32H30N4O8. The number of nitrogens with one attached hydrogen (secondary N) is 2. The van der Waals surface area contributed by atoms with Crippen LogP contribution in [0.2, 0.25) is 0 Å². The highest BCUT2D eigenvalue weighted by molar-refractivity contribution is 6.32. The Kier molecular flexibility index (Phi) is 6.86. The SMILES string of the molecule is CN(C)C1C(=O)C(C(N)=O)C(=O)C2(O)C(=O)C3C(=O)c4c(ccc(NC(=O)Nc5cccc6ccccc56)c4O)CC3CC12. The van der Waals surface area contributed by atoms with Gasteiger partial charge in [0.05, 0.1) is 28.9 Å². The quantitative estimate of drug-likeness (QED) is 0.219. The minimum absolute atomic E-state index is 0.0436. The number of aliphatic hydroxyl groups is 1. The van der Waals surface area contributed by atoms with E-state index in [4.69, 9.17) is 5.73 Å². The molecule has 0 saturated heterocycles. The number of Topliss-reactive ketones (excluding diaryl/α,β-unsaturated/α-hetero) is 4. The molecule has 0 bridgehead atoms. The number of rotatable bonds is 4. The van der Waals surface area contributed by atoms with Crippen LogP contribution in [0.1, 0.15) is 22.3 Å². The summed E-state index contributed by atoms with van der Waals surface area (Å²) in [5.74, 6) is -11.4. The molecule has 44 heavy (non-hydrogen) atoms. The van der Waals surface area contributed by atoms with Crippen molar-refractivity contribution < 1.29 is 39.0 Å². The van der Waals surface area contributed by atoms with Crippen molar-refractivity contribution in [1.29, 1.82) is 0 Å². The van der Waals surface area contributed by atoms with E-state index < -0.39 is 76.1 Å². The normalized spacial score (nSPS) is 27.9. The Morgan fingerprint density at radius 2 is 1.61 bits per heavy atom. The maximum atomic E-state index is 13.9. The number of ketones is 4. The highest BCUT2D eigenvalue weighted by Crippen LogP contribution is 2.51. The first-order valence-electron chi connectivity index (χ1n) is 14.1. The van der Waals surface area contributed by atoms with E-state index in [1.54, 1.807) is 18.2 Å². The summed E-state index contributed by atoms with van der Waals surface area (Å²) >= 11 is 0. The standard InChI is InChI=1S/C32H30N4O8/c1-36(2)24-18-13-16-12-15-10-11-20(35-31(43)34-19-9-5-7-14-6-3-4-8-17(14)19)25(37)21(15)26(38)22(16)28(40)32(18,44)29(41)23(27(24)39)30(33)42/h3-11,16,18,22-24,37,44H,12-13H2,1-2H3,(H2,33,42)(H2,34,35,43). The first-order chi connectivity index (χ1) is 20.9. The van der Waals surface area contributed by atoms with Crippen LogP contribution < -0.4 is 16.4 Å². The van der Waals surface area contributed by atoms with Crippen molar-refractivity contribution in [2.24, 2.45) is 29.4 Å². The van der Waals surface area contributed by atoms with E-state index in [0.717, 1.165) is 10.8 Å². The van der Waals surface area contributed by atoms with Gasteiger partial charge in [0.1, 0.15) is 5.75 Å². The van der Waals surface area contributed by atoms with Crippen molar-refractivity contribution in [2.75, 3.05) is 24.7 Å². The van der Waals surface area contributed by atoms with Crippen LogP contribution in [0.15, 0.2) is 54.6 Å². The first kappa shape index (κ1) is 29.1. The summed E-state index contributed by atoms with van der Waals surface area (Å²) in [4.78, 5) is 80.9. The molecule has 3 aromatic rings. The number of phenolic OH excluding ortho intramolecular Hbond substituents is 1. The van der Waals surface area contributed by atoms with Gasteiger partial charge in [0.15, 0.2) is 34.7 Å². The summed E-state index contributed by atoms with van der Waals surface area (Å²) in [7, 11) is 3.05. The van der Waals surface area contributed by atoms with Gasteiger partial charge >= 0.3 is 6.03 Å². The van der Waals surface area contributed by atoms with Gasteiger partial charge in [-0.2, -0.15) is 0 Å². The van der Waals surface area contributed by atoms with Crippen LogP contribution in [0.4, 0.5) is 16.2 Å². The average molecular weight is 599 g/mol. The molecule has 12 heteroatoms. The Labute approximate surface area is 251 Å². The lowest BCUT2D eigenvalue weighted by molar-refractivity contribution is -0.181. The van der Waals surface area contributed by atoms with E-state index in [9.17, 15) is 39.0 Å². The largest absolute Gasteiger partial charge is 0.505 e. The second-order valence-corrected chi connectivity index (χ2v) is 11.9. The Balaban J connectivity index is 1.32. The number of nitrogens with two attached hydrogens (primary N) is 1. The van der Waals surface area contributed by atoms with E-state index in [2.05, 4.69) is 10.6 Å². The number of anilines is 2. The van der Waals surface area contributed by atoms with Crippen LogP contribution >= 0.6 is 0 Å². The molecule has 3 amide bonds. The van der Waals surface area contributed by atoms with Crippen molar-refractivity contribution in [2.45, 2.75) is 24.5 Å². The molecule has 6 N–H and O–H groups in total. The number of phenols is 1. The first-order valence-corrected chi connectivity index (χ1v) is 14.1. The lowest BCUT2D eigenvalue weighted by atomic mass is 9.52. The van der Waals surface area contributed by atoms with Gasteiger partial charge in [-0.25, -0.2) is 4.79 Å². The highest BCUT2D eigenvalue weighted by atomic mass is 16.3. The van der Waals surface area contributed by atoms with Gasteiger partial charge in [0.2, 0.25) is 5.91 Å². The lowest BCUT2D eigenvalue weighted by Crippen LogP contribution is -2.74. The number of carbonyl (C=O) groups excluding carboxylic acids is 6. The predicted molar refractivity (Wildman–Crippen MR) is 158 cm³/mol. The Hall–Kier alpha value is -4.94. The molecule has 2 fully saturated rings. The van der Waals surface area contributed by atoms with Gasteiger partial charge in [0, 0.05) is 11.3 Å². The predicted octanol–water partition coefficient (Wildman–Crippen LogP) is 1.66. The Morgan fingerprint density at radius 1 is 0.932 bits per heavy atom. The summed E-state index contributed by atoms with van der Waals surface area (Å²) in [6.45, 7) is 0. The van der Waals surface area contributed by atoms with Crippen molar-refractivity contribution in [3.8, 4) is 5.75 Å². The number of nitrogens with zero attached hydrogens (tertiary/aromatic N) is 1. The molecule has 6 atom stereocenters. The number of urea groups is 1. The monoisotopic (exact) mass is 598 g/mol. The van der Waals surface area contributed by atoms with Crippen LogP contribution in [0.5, 0.6) is 5.75 Å². The molecule has 0 radical (unpaired) electrons. The summed E-state index contributed by atoms with van der Waals surface area (Å²) in [6.07, 6.45) is 0.0833. The molecule has 6 unspecified atom stereocenters. The number of likely N-dealkylation sites (N-methyl/N-ethyl adjacent to an activating group) is 1. The Bertz CT molecular complexity index is 1800. The zero-order chi connectivity index (χ0) is 31.7. The minimum atomic E-state index is -2.80. The van der Waals surface area contributed by atoms with E-state index in [0.29, 0.717) is 11.3 Å². The topological polar surface area (TPSA) is 196 Å². The van der Waals surface area contributed by atoms with Crippen LogP contribution in [-0.2, 0) is 25.6 Å². The van der Waals surface area contributed by atoms with Crippen molar-refractivity contribution in [3.63, 3.8) is 0 Å². The lowest BCUT2D eigenvalue weighted by Gasteiger charge is -2.52. The van der Waals surface area contributed by atoms with Gasteiger partial charge in [0.25, 0.3) is 0 Å². The molecule has 3 aliphatic rings. The summed E-state index contributed by atoms with van der Waals surface area (Å²) in [6, 6.07) is 14.0. The Morgan fingerprint density at radius 3 is 2.32 bits per heavy atom. The molecule has 12 nitrogen and oxygen atoms in total. The van der Waals surface area contributed by atoms with Gasteiger partial charge in [-0.1, -0.05) is 42.5 Å². The number of fused-ring (bicyclic) bond motifs is 4. The van der Waals surface area contributed by atoms with Crippen LogP contribution in [0.3, 0.4) is 0 Å². The number of aromatic hydroxyl groups is 1. The summed E-state index contributed by atoms with van der Waals surface area (Å²) in [5.41, 5.74) is 3.18. The van der Waals surface area contributed by atoms with E-state index in [-0.39, 0.29) is 24.1 Å². The van der Waals surface area contributed by atoms with Gasteiger partial charge in [-0.3, -0.25) is 28.9 Å². The van der Waals surface area contributed by atoms with Crippen LogP contribution in [0, 0.1) is 23.7 Å². The number of benzene rings is 3. The van der Waals surface area contributed by atoms with E-state index >= 15 is 0 Å². The molecule has 0 heterocycles. The smallest absolute Gasteiger partial charge is 0.323 e. The number of carbonyl (C=O) groups is 6. The molecule has 0 aromatic heterocycles. The third-order valence-electron chi connectivity index (χ3n) is 9.22. The van der Waals surface area contributed by atoms with Crippen LogP contribution in [0.25, 0.3) is 10.8 Å². The summed E-state index contributed by atoms with van der Waals surface area (Å²) in [5, 5.41) is 29.8. The van der Waals surface area contributed by atoms with Gasteiger partial charge < -0.3 is 26.6 Å².